The van der Waals surface area contributed by atoms with Crippen molar-refractivity contribution in [1.29, 1.82) is 0 Å². The number of rotatable bonds is 1. The van der Waals surface area contributed by atoms with Crippen LogP contribution in [0.2, 0.25) is 0 Å². The summed E-state index contributed by atoms with van der Waals surface area (Å²) >= 11 is 0. The summed E-state index contributed by atoms with van der Waals surface area (Å²) in [6.45, 7) is 0. The van der Waals surface area contributed by atoms with Crippen molar-refractivity contribution in [3.63, 3.8) is 0 Å². The molecule has 4 atom stereocenters. The summed E-state index contributed by atoms with van der Waals surface area (Å²) in [6, 6.07) is 0. The van der Waals surface area contributed by atoms with E-state index in [1.54, 1.807) is 31.3 Å². The maximum Gasteiger partial charge on any atom is -0.0127 e. The summed E-state index contributed by atoms with van der Waals surface area (Å²) in [5.74, 6) is 4.27. The van der Waals surface area contributed by atoms with Crippen molar-refractivity contribution in [2.45, 2.75) is 64.2 Å². The van der Waals surface area contributed by atoms with E-state index in [-0.39, 0.29) is 0 Å². The third-order valence-electron chi connectivity index (χ3n) is 6.38. The Balaban J connectivity index is 1.60. The summed E-state index contributed by atoms with van der Waals surface area (Å²) in [7, 11) is 0. The fourth-order valence-electron chi connectivity index (χ4n) is 5.68. The second-order valence-corrected chi connectivity index (χ2v) is 7.11. The highest BCUT2D eigenvalue weighted by Gasteiger charge is 2.41. The first kappa shape index (κ1) is 11.3. The van der Waals surface area contributed by atoms with Gasteiger partial charge in [-0.15, -0.1) is 0 Å². The molecule has 0 nitrogen and oxygen atoms in total. The average molecular weight is 242 g/mol. The molecule has 4 unspecified atom stereocenters. The maximum atomic E-state index is 2.44. The molecule has 0 aromatic rings. The molecule has 2 saturated carbocycles. The molecule has 0 heteroatoms. The third-order valence-corrected chi connectivity index (χ3v) is 6.38. The van der Waals surface area contributed by atoms with Crippen molar-refractivity contribution >= 4 is 0 Å². The summed E-state index contributed by atoms with van der Waals surface area (Å²) in [5, 5.41) is 0. The molecular formula is C18H26. The smallest absolute Gasteiger partial charge is 0.0127 e. The van der Waals surface area contributed by atoms with E-state index in [0.29, 0.717) is 0 Å². The predicted octanol–water partition coefficient (Wildman–Crippen LogP) is 5.26. The molecule has 2 fully saturated rings. The third kappa shape index (κ3) is 1.72. The van der Waals surface area contributed by atoms with E-state index in [9.17, 15) is 0 Å². The summed E-state index contributed by atoms with van der Waals surface area (Å²) < 4.78 is 0. The van der Waals surface area contributed by atoms with Crippen LogP contribution in [-0.2, 0) is 0 Å². The van der Waals surface area contributed by atoms with Gasteiger partial charge in [0.15, 0.2) is 0 Å². The zero-order valence-electron chi connectivity index (χ0n) is 11.5. The van der Waals surface area contributed by atoms with Crippen LogP contribution < -0.4 is 0 Å². The Morgan fingerprint density at radius 3 is 2.56 bits per heavy atom. The summed E-state index contributed by atoms with van der Waals surface area (Å²) in [4.78, 5) is 0. The SMILES string of the molecule is C1=CC2=C(C1)C(C1CCCC3CCCC31)CCC2. The molecule has 0 spiro atoms. The summed E-state index contributed by atoms with van der Waals surface area (Å²) in [6.07, 6.45) is 19.8. The zero-order valence-corrected chi connectivity index (χ0v) is 11.5. The molecule has 0 N–H and O–H groups in total. The Kier molecular flexibility index (Phi) is 2.86. The van der Waals surface area contributed by atoms with Gasteiger partial charge in [0, 0.05) is 0 Å². The van der Waals surface area contributed by atoms with E-state index < -0.39 is 0 Å². The van der Waals surface area contributed by atoms with Crippen LogP contribution in [0.1, 0.15) is 64.2 Å². The van der Waals surface area contributed by atoms with Crippen molar-refractivity contribution in [2.24, 2.45) is 23.7 Å². The number of hydrogen-bond donors (Lipinski definition) is 0. The molecule has 0 aliphatic heterocycles. The summed E-state index contributed by atoms with van der Waals surface area (Å²) in [5.41, 5.74) is 3.62. The molecule has 0 radical (unpaired) electrons. The van der Waals surface area contributed by atoms with Crippen molar-refractivity contribution < 1.29 is 0 Å². The lowest BCUT2D eigenvalue weighted by atomic mass is 9.64. The van der Waals surface area contributed by atoms with Gasteiger partial charge >= 0.3 is 0 Å². The van der Waals surface area contributed by atoms with Crippen LogP contribution >= 0.6 is 0 Å². The Bertz CT molecular complexity index is 387. The van der Waals surface area contributed by atoms with E-state index in [2.05, 4.69) is 12.2 Å². The first-order valence-electron chi connectivity index (χ1n) is 8.32. The highest BCUT2D eigenvalue weighted by Crippen LogP contribution is 2.52. The lowest BCUT2D eigenvalue weighted by molar-refractivity contribution is 0.128. The molecule has 18 heavy (non-hydrogen) atoms. The second-order valence-electron chi connectivity index (χ2n) is 7.11. The fourth-order valence-corrected chi connectivity index (χ4v) is 5.68. The Morgan fingerprint density at radius 2 is 1.67 bits per heavy atom. The van der Waals surface area contributed by atoms with Crippen molar-refractivity contribution in [3.05, 3.63) is 23.3 Å². The lowest BCUT2D eigenvalue weighted by Crippen LogP contribution is -2.32. The minimum atomic E-state index is 0.981. The Labute approximate surface area is 112 Å². The number of allylic oxidation sites excluding steroid dienone is 4. The highest BCUT2D eigenvalue weighted by atomic mass is 14.5. The van der Waals surface area contributed by atoms with Gasteiger partial charge in [-0.1, -0.05) is 43.4 Å². The highest BCUT2D eigenvalue weighted by molar-refractivity contribution is 5.37. The molecule has 0 heterocycles. The number of hydrogen-bond acceptors (Lipinski definition) is 0. The lowest BCUT2D eigenvalue weighted by Gasteiger charge is -2.41. The molecule has 0 aromatic carbocycles. The molecule has 4 aliphatic rings. The van der Waals surface area contributed by atoms with Crippen LogP contribution in [0.15, 0.2) is 23.3 Å². The van der Waals surface area contributed by atoms with Gasteiger partial charge in [-0.3, -0.25) is 0 Å². The van der Waals surface area contributed by atoms with Crippen molar-refractivity contribution in [1.82, 2.24) is 0 Å². The standard InChI is InChI=1S/C18H26/c1-5-13-7-3-11-17(15(13)9-1)18-12-4-8-14-6-2-10-16(14)18/h1,5,14,16-18H,2-4,6-12H2. The van der Waals surface area contributed by atoms with Crippen molar-refractivity contribution in [2.75, 3.05) is 0 Å². The molecular weight excluding hydrogens is 216 g/mol. The van der Waals surface area contributed by atoms with Gasteiger partial charge < -0.3 is 0 Å². The second kappa shape index (κ2) is 4.54. The van der Waals surface area contributed by atoms with E-state index >= 15 is 0 Å². The molecule has 0 saturated heterocycles. The Morgan fingerprint density at radius 1 is 0.833 bits per heavy atom. The van der Waals surface area contributed by atoms with Crippen LogP contribution in [0.4, 0.5) is 0 Å². The van der Waals surface area contributed by atoms with E-state index in [1.807, 2.05) is 5.57 Å². The van der Waals surface area contributed by atoms with Gasteiger partial charge in [0.05, 0.1) is 0 Å². The fraction of sp³-hybridized carbons (Fsp3) is 0.778. The molecule has 98 valence electrons. The zero-order chi connectivity index (χ0) is 11.9. The van der Waals surface area contributed by atoms with Crippen LogP contribution in [0.3, 0.4) is 0 Å². The minimum absolute atomic E-state index is 0.981. The molecule has 0 aromatic heterocycles. The first-order valence-corrected chi connectivity index (χ1v) is 8.32. The van der Waals surface area contributed by atoms with Crippen LogP contribution in [0, 0.1) is 23.7 Å². The molecule has 0 amide bonds. The largest absolute Gasteiger partial charge is 0.0802 e. The monoisotopic (exact) mass is 242 g/mol. The quantitative estimate of drug-likeness (QED) is 0.588. The topological polar surface area (TPSA) is 0 Å². The Hall–Kier alpha value is -0.520. The van der Waals surface area contributed by atoms with Crippen LogP contribution in [-0.4, -0.2) is 0 Å². The van der Waals surface area contributed by atoms with Crippen molar-refractivity contribution in [3.8, 4) is 0 Å². The predicted molar refractivity (Wildman–Crippen MR) is 76.3 cm³/mol. The van der Waals surface area contributed by atoms with E-state index in [4.69, 9.17) is 0 Å². The van der Waals surface area contributed by atoms with Crippen LogP contribution in [0.25, 0.3) is 0 Å². The van der Waals surface area contributed by atoms with Gasteiger partial charge in [0.1, 0.15) is 0 Å². The average Bonchev–Trinajstić information content (AvgIpc) is 3.06. The minimum Gasteiger partial charge on any atom is -0.0802 e. The molecule has 4 aliphatic carbocycles. The van der Waals surface area contributed by atoms with Gasteiger partial charge in [-0.2, -0.15) is 0 Å². The normalized spacial score (nSPS) is 43.1. The van der Waals surface area contributed by atoms with Gasteiger partial charge in [-0.25, -0.2) is 0 Å². The molecule has 0 bridgehead atoms. The van der Waals surface area contributed by atoms with Gasteiger partial charge in [0.25, 0.3) is 0 Å². The number of fused-ring (bicyclic) bond motifs is 1. The maximum absolute atomic E-state index is 2.44. The first-order chi connectivity index (χ1) is 8.93. The van der Waals surface area contributed by atoms with E-state index in [1.165, 1.54) is 38.5 Å². The van der Waals surface area contributed by atoms with Gasteiger partial charge in [0.2, 0.25) is 0 Å². The van der Waals surface area contributed by atoms with Crippen LogP contribution in [0.5, 0.6) is 0 Å². The van der Waals surface area contributed by atoms with E-state index in [0.717, 1.165) is 23.7 Å². The molecule has 4 rings (SSSR count). The van der Waals surface area contributed by atoms with Gasteiger partial charge in [-0.05, 0) is 67.8 Å².